The first kappa shape index (κ1) is 22.2. The summed E-state index contributed by atoms with van der Waals surface area (Å²) in [4.78, 5) is 60.2. The number of nitrogens with one attached hydrogen (secondary N) is 1. The monoisotopic (exact) mass is 465 g/mol. The minimum absolute atomic E-state index is 0.185. The van der Waals surface area contributed by atoms with Gasteiger partial charge in [-0.15, -0.1) is 0 Å². The zero-order valence-corrected chi connectivity index (χ0v) is 17.3. The van der Waals surface area contributed by atoms with Crippen LogP contribution in [0, 0.1) is 10.1 Å². The van der Waals surface area contributed by atoms with Crippen molar-refractivity contribution in [2.24, 2.45) is 0 Å². The molecule has 0 saturated carbocycles. The molecule has 31 heavy (non-hydrogen) atoms. The summed E-state index contributed by atoms with van der Waals surface area (Å²) in [6.45, 7) is 0.469. The molecule has 2 aromatic carbocycles. The Morgan fingerprint density at radius 3 is 2.42 bits per heavy atom. The summed E-state index contributed by atoms with van der Waals surface area (Å²) in [6, 6.07) is 7.94. The van der Waals surface area contributed by atoms with Crippen molar-refractivity contribution in [1.29, 1.82) is 0 Å². The maximum absolute atomic E-state index is 12.5. The van der Waals surface area contributed by atoms with Crippen molar-refractivity contribution in [2.45, 2.75) is 13.0 Å². The van der Waals surface area contributed by atoms with Crippen LogP contribution in [0.3, 0.4) is 0 Å². The third-order valence-electron chi connectivity index (χ3n) is 4.27. The van der Waals surface area contributed by atoms with Crippen LogP contribution in [0.15, 0.2) is 36.4 Å². The van der Waals surface area contributed by atoms with Gasteiger partial charge in [-0.2, -0.15) is 0 Å². The van der Waals surface area contributed by atoms with Gasteiger partial charge in [-0.3, -0.25) is 34.2 Å². The predicted molar refractivity (Wildman–Crippen MR) is 109 cm³/mol. The Morgan fingerprint density at radius 2 is 1.81 bits per heavy atom. The summed E-state index contributed by atoms with van der Waals surface area (Å²) in [5.41, 5.74) is -0.845. The van der Waals surface area contributed by atoms with Crippen LogP contribution in [-0.2, 0) is 14.3 Å². The lowest BCUT2D eigenvalue weighted by atomic mass is 10.1. The molecule has 0 spiro atoms. The van der Waals surface area contributed by atoms with Crippen LogP contribution in [0.25, 0.3) is 0 Å². The second-order valence-corrected chi connectivity index (χ2v) is 7.31. The number of anilines is 1. The number of nitro benzene ring substituents is 1. The van der Waals surface area contributed by atoms with Crippen molar-refractivity contribution >= 4 is 58.3 Å². The highest BCUT2D eigenvalue weighted by Gasteiger charge is 2.42. The Balaban J connectivity index is 1.66. The van der Waals surface area contributed by atoms with Crippen molar-refractivity contribution in [3.63, 3.8) is 0 Å². The van der Waals surface area contributed by atoms with E-state index in [2.05, 4.69) is 5.32 Å². The highest BCUT2D eigenvalue weighted by atomic mass is 35.5. The number of hydrogen-bond donors (Lipinski definition) is 1. The zero-order chi connectivity index (χ0) is 22.9. The number of carbonyl (C=O) groups excluding carboxylic acids is 4. The highest BCUT2D eigenvalue weighted by Crippen LogP contribution is 2.30. The molecule has 0 radical (unpaired) electrons. The third kappa shape index (κ3) is 4.65. The summed E-state index contributed by atoms with van der Waals surface area (Å²) in [5, 5.41) is 14.2. The lowest BCUT2D eigenvalue weighted by Crippen LogP contribution is -2.38. The summed E-state index contributed by atoms with van der Waals surface area (Å²) in [6.07, 6.45) is -1.28. The van der Waals surface area contributed by atoms with E-state index in [4.69, 9.17) is 27.9 Å². The molecule has 2 aromatic rings. The molecule has 1 aliphatic heterocycles. The van der Waals surface area contributed by atoms with E-state index in [9.17, 15) is 29.3 Å². The predicted octanol–water partition coefficient (Wildman–Crippen LogP) is 3.07. The number of nitrogens with zero attached hydrogens (tertiary/aromatic N) is 2. The fourth-order valence-electron chi connectivity index (χ4n) is 2.90. The third-order valence-corrected chi connectivity index (χ3v) is 4.70. The molecule has 0 aliphatic carbocycles. The molecule has 1 aliphatic rings. The van der Waals surface area contributed by atoms with E-state index >= 15 is 0 Å². The normalized spacial score (nSPS) is 13.6. The van der Waals surface area contributed by atoms with Gasteiger partial charge >= 0.3 is 5.97 Å². The Bertz CT molecular complexity index is 1120. The van der Waals surface area contributed by atoms with Crippen LogP contribution in [0.5, 0.6) is 0 Å². The molecule has 160 valence electrons. The van der Waals surface area contributed by atoms with Gasteiger partial charge in [0.25, 0.3) is 23.4 Å². The molecule has 0 saturated heterocycles. The van der Waals surface area contributed by atoms with Gasteiger partial charge in [0.15, 0.2) is 6.10 Å². The Hall–Kier alpha value is -3.50. The van der Waals surface area contributed by atoms with Gasteiger partial charge in [-0.05, 0) is 31.2 Å². The topological polar surface area (TPSA) is 136 Å². The highest BCUT2D eigenvalue weighted by molar-refractivity contribution is 6.35. The van der Waals surface area contributed by atoms with Crippen molar-refractivity contribution < 1.29 is 28.8 Å². The van der Waals surface area contributed by atoms with Gasteiger partial charge in [0.2, 0.25) is 0 Å². The van der Waals surface area contributed by atoms with Gasteiger partial charge < -0.3 is 10.1 Å². The molecule has 1 heterocycles. The van der Waals surface area contributed by atoms with Gasteiger partial charge in [0.1, 0.15) is 12.1 Å². The van der Waals surface area contributed by atoms with E-state index in [1.165, 1.54) is 37.3 Å². The van der Waals surface area contributed by atoms with Crippen molar-refractivity contribution in [3.8, 4) is 0 Å². The number of rotatable bonds is 6. The molecule has 0 fully saturated rings. The average Bonchev–Trinajstić information content (AvgIpc) is 2.92. The Kier molecular flexibility index (Phi) is 6.23. The second kappa shape index (κ2) is 8.70. The summed E-state index contributed by atoms with van der Waals surface area (Å²) >= 11 is 11.7. The number of carbonyl (C=O) groups is 4. The number of imide groups is 1. The molecular formula is C19H13Cl2N3O7. The number of nitro groups is 1. The van der Waals surface area contributed by atoms with E-state index in [0.717, 1.165) is 6.07 Å². The molecule has 1 unspecified atom stereocenters. The first-order chi connectivity index (χ1) is 14.6. The summed E-state index contributed by atoms with van der Waals surface area (Å²) in [7, 11) is 0. The Labute approximate surface area is 184 Å². The maximum Gasteiger partial charge on any atom is 0.326 e. The molecule has 1 atom stereocenters. The van der Waals surface area contributed by atoms with Crippen molar-refractivity contribution in [3.05, 3.63) is 67.7 Å². The van der Waals surface area contributed by atoms with Crippen LogP contribution in [-0.4, -0.2) is 46.2 Å². The fourth-order valence-corrected chi connectivity index (χ4v) is 3.42. The number of esters is 1. The lowest BCUT2D eigenvalue weighted by Gasteiger charge is -2.17. The van der Waals surface area contributed by atoms with E-state index < -0.39 is 52.5 Å². The number of amides is 3. The summed E-state index contributed by atoms with van der Waals surface area (Å²) < 4.78 is 4.98. The zero-order valence-electron chi connectivity index (χ0n) is 15.8. The molecule has 0 bridgehead atoms. The first-order valence-electron chi connectivity index (χ1n) is 8.68. The van der Waals surface area contributed by atoms with Gasteiger partial charge in [-0.25, -0.2) is 0 Å². The smallest absolute Gasteiger partial charge is 0.326 e. The molecule has 10 nitrogen and oxygen atoms in total. The van der Waals surface area contributed by atoms with Gasteiger partial charge in [0.05, 0.1) is 10.5 Å². The van der Waals surface area contributed by atoms with E-state index in [0.29, 0.717) is 4.90 Å². The number of hydrogen-bond acceptors (Lipinski definition) is 7. The molecule has 12 heteroatoms. The minimum atomic E-state index is -1.28. The standard InChI is InChI=1S/C19H13Cl2N3O7/c1-9(17(26)22-12-6-10(20)5-11(21)7-12)31-15(25)8-23-18(27)13-3-2-4-14(24(29)30)16(13)19(23)28/h2-7,9H,8H2,1H3,(H,22,26). The SMILES string of the molecule is CC(OC(=O)CN1C(=O)c2cccc([N+](=O)[O-])c2C1=O)C(=O)Nc1cc(Cl)cc(Cl)c1. The van der Waals surface area contributed by atoms with Crippen LogP contribution in [0.1, 0.15) is 27.6 Å². The van der Waals surface area contributed by atoms with Crippen LogP contribution >= 0.6 is 23.2 Å². The molecule has 0 aromatic heterocycles. The summed E-state index contributed by atoms with van der Waals surface area (Å²) in [5.74, 6) is -3.62. The molecule has 3 rings (SSSR count). The maximum atomic E-state index is 12.5. The van der Waals surface area contributed by atoms with Crippen LogP contribution < -0.4 is 5.32 Å². The fraction of sp³-hybridized carbons (Fsp3) is 0.158. The average molecular weight is 466 g/mol. The van der Waals surface area contributed by atoms with Crippen molar-refractivity contribution in [1.82, 2.24) is 4.90 Å². The molecule has 1 N–H and O–H groups in total. The van der Waals surface area contributed by atoms with Crippen molar-refractivity contribution in [2.75, 3.05) is 11.9 Å². The quantitative estimate of drug-likeness (QED) is 0.299. The van der Waals surface area contributed by atoms with E-state index in [1.807, 2.05) is 0 Å². The lowest BCUT2D eigenvalue weighted by molar-refractivity contribution is -0.385. The number of ether oxygens (including phenoxy) is 1. The number of halogens is 2. The van der Waals surface area contributed by atoms with E-state index in [-0.39, 0.29) is 21.3 Å². The Morgan fingerprint density at radius 1 is 1.16 bits per heavy atom. The van der Waals surface area contributed by atoms with Crippen LogP contribution in [0.2, 0.25) is 10.0 Å². The largest absolute Gasteiger partial charge is 0.451 e. The van der Waals surface area contributed by atoms with Crippen LogP contribution in [0.4, 0.5) is 11.4 Å². The number of fused-ring (bicyclic) bond motifs is 1. The second-order valence-electron chi connectivity index (χ2n) is 6.43. The van der Waals surface area contributed by atoms with E-state index in [1.54, 1.807) is 0 Å². The molecular weight excluding hydrogens is 453 g/mol. The number of benzene rings is 2. The first-order valence-corrected chi connectivity index (χ1v) is 9.44. The molecule has 3 amide bonds. The minimum Gasteiger partial charge on any atom is -0.451 e. The van der Waals surface area contributed by atoms with Gasteiger partial charge in [-0.1, -0.05) is 29.3 Å². The van der Waals surface area contributed by atoms with Gasteiger partial charge in [0, 0.05) is 21.8 Å².